The van der Waals surface area contributed by atoms with E-state index in [2.05, 4.69) is 55.4 Å². The van der Waals surface area contributed by atoms with Crippen LogP contribution in [0, 0.1) is 20.8 Å². The van der Waals surface area contributed by atoms with Crippen molar-refractivity contribution < 1.29 is 4.74 Å². The molecule has 0 unspecified atom stereocenters. The third-order valence-electron chi connectivity index (χ3n) is 4.86. The Balaban J connectivity index is 1.76. The topological polar surface area (TPSA) is 48.9 Å². The van der Waals surface area contributed by atoms with Gasteiger partial charge in [-0.1, -0.05) is 17.7 Å². The van der Waals surface area contributed by atoms with Crippen molar-refractivity contribution in [2.45, 2.75) is 40.5 Å². The zero-order valence-electron chi connectivity index (χ0n) is 17.0. The number of benzene rings is 1. The van der Waals surface area contributed by atoms with Crippen molar-refractivity contribution in [3.63, 3.8) is 0 Å². The molecule has 26 heavy (non-hydrogen) atoms. The second-order valence-corrected chi connectivity index (χ2v) is 7.12. The normalized spacial score (nSPS) is 15.9. The van der Waals surface area contributed by atoms with E-state index in [9.17, 15) is 0 Å². The molecular weight excluding hydrogens is 324 g/mol. The van der Waals surface area contributed by atoms with E-state index in [1.807, 2.05) is 0 Å². The van der Waals surface area contributed by atoms with Gasteiger partial charge < -0.3 is 15.4 Å². The zero-order chi connectivity index (χ0) is 18.8. The first-order chi connectivity index (χ1) is 12.6. The van der Waals surface area contributed by atoms with Crippen LogP contribution in [0.25, 0.3) is 0 Å². The van der Waals surface area contributed by atoms with Crippen LogP contribution in [-0.4, -0.2) is 63.3 Å². The first kappa shape index (κ1) is 20.7. The SMILES string of the molecule is CCNC(=NCCCN1CCOCC1)NCCc1c(C)cc(C)cc1C. The summed E-state index contributed by atoms with van der Waals surface area (Å²) < 4.78 is 5.39. The van der Waals surface area contributed by atoms with Crippen molar-refractivity contribution in [1.82, 2.24) is 15.5 Å². The van der Waals surface area contributed by atoms with Crippen molar-refractivity contribution in [2.75, 3.05) is 52.5 Å². The van der Waals surface area contributed by atoms with E-state index in [1.165, 1.54) is 22.3 Å². The lowest BCUT2D eigenvalue weighted by molar-refractivity contribution is 0.0377. The van der Waals surface area contributed by atoms with Crippen LogP contribution >= 0.6 is 0 Å². The van der Waals surface area contributed by atoms with E-state index in [0.717, 1.165) is 71.3 Å². The maximum Gasteiger partial charge on any atom is 0.191 e. The number of nitrogens with zero attached hydrogens (tertiary/aromatic N) is 2. The molecule has 1 saturated heterocycles. The Kier molecular flexibility index (Phi) is 8.92. The monoisotopic (exact) mass is 360 g/mol. The predicted molar refractivity (Wildman–Crippen MR) is 110 cm³/mol. The van der Waals surface area contributed by atoms with Crippen molar-refractivity contribution in [1.29, 1.82) is 0 Å². The number of rotatable bonds is 8. The molecule has 2 N–H and O–H groups in total. The van der Waals surface area contributed by atoms with Gasteiger partial charge in [0.1, 0.15) is 0 Å². The summed E-state index contributed by atoms with van der Waals surface area (Å²) in [5, 5.41) is 6.83. The Labute approximate surface area is 159 Å². The van der Waals surface area contributed by atoms with E-state index < -0.39 is 0 Å². The highest BCUT2D eigenvalue weighted by Crippen LogP contribution is 2.16. The average Bonchev–Trinajstić information content (AvgIpc) is 2.61. The summed E-state index contributed by atoms with van der Waals surface area (Å²) in [6.07, 6.45) is 2.11. The lowest BCUT2D eigenvalue weighted by Crippen LogP contribution is -2.39. The number of hydrogen-bond donors (Lipinski definition) is 2. The number of nitrogens with one attached hydrogen (secondary N) is 2. The highest BCUT2D eigenvalue weighted by molar-refractivity contribution is 5.79. The Morgan fingerprint density at radius 3 is 2.46 bits per heavy atom. The Morgan fingerprint density at radius 2 is 1.81 bits per heavy atom. The number of aryl methyl sites for hydroxylation is 3. The van der Waals surface area contributed by atoms with Gasteiger partial charge in [-0.2, -0.15) is 0 Å². The molecule has 1 aromatic carbocycles. The molecule has 0 aromatic heterocycles. The molecule has 146 valence electrons. The van der Waals surface area contributed by atoms with Crippen molar-refractivity contribution in [2.24, 2.45) is 4.99 Å². The summed E-state index contributed by atoms with van der Waals surface area (Å²) in [6, 6.07) is 4.54. The van der Waals surface area contributed by atoms with Crippen LogP contribution in [-0.2, 0) is 11.2 Å². The van der Waals surface area contributed by atoms with Gasteiger partial charge in [0.05, 0.1) is 13.2 Å². The van der Waals surface area contributed by atoms with Gasteiger partial charge in [-0.25, -0.2) is 0 Å². The number of morpholine rings is 1. The van der Waals surface area contributed by atoms with Crippen LogP contribution in [0.3, 0.4) is 0 Å². The summed E-state index contributed by atoms with van der Waals surface area (Å²) in [4.78, 5) is 7.19. The molecule has 5 nitrogen and oxygen atoms in total. The van der Waals surface area contributed by atoms with Gasteiger partial charge in [0.2, 0.25) is 0 Å². The fourth-order valence-corrected chi connectivity index (χ4v) is 3.56. The lowest BCUT2D eigenvalue weighted by Gasteiger charge is -2.26. The zero-order valence-corrected chi connectivity index (χ0v) is 17.0. The van der Waals surface area contributed by atoms with Crippen LogP contribution in [0.4, 0.5) is 0 Å². The summed E-state index contributed by atoms with van der Waals surface area (Å²) in [6.45, 7) is 16.3. The molecule has 1 aliphatic heterocycles. The number of ether oxygens (including phenoxy) is 1. The van der Waals surface area contributed by atoms with E-state index in [4.69, 9.17) is 9.73 Å². The number of guanidine groups is 1. The van der Waals surface area contributed by atoms with Crippen LogP contribution in [0.5, 0.6) is 0 Å². The first-order valence-corrected chi connectivity index (χ1v) is 9.99. The Bertz CT molecular complexity index is 556. The van der Waals surface area contributed by atoms with Gasteiger partial charge in [-0.15, -0.1) is 0 Å². The standard InChI is InChI=1S/C21H36N4O/c1-5-22-21(23-8-6-10-25-11-13-26-14-12-25)24-9-7-20-18(3)15-17(2)16-19(20)4/h15-16H,5-14H2,1-4H3,(H2,22,23,24). The quantitative estimate of drug-likeness (QED) is 0.425. The molecule has 0 spiro atoms. The van der Waals surface area contributed by atoms with Crippen molar-refractivity contribution in [3.8, 4) is 0 Å². The van der Waals surface area contributed by atoms with Gasteiger partial charge in [0, 0.05) is 39.3 Å². The minimum absolute atomic E-state index is 0.856. The highest BCUT2D eigenvalue weighted by Gasteiger charge is 2.09. The molecular formula is C21H36N4O. The number of hydrogen-bond acceptors (Lipinski definition) is 3. The molecule has 1 aliphatic rings. The second kappa shape index (κ2) is 11.2. The molecule has 0 aliphatic carbocycles. The fourth-order valence-electron chi connectivity index (χ4n) is 3.56. The third kappa shape index (κ3) is 6.96. The van der Waals surface area contributed by atoms with Crippen LogP contribution in [0.1, 0.15) is 35.6 Å². The maximum absolute atomic E-state index is 5.39. The van der Waals surface area contributed by atoms with Gasteiger partial charge in [0.25, 0.3) is 0 Å². The predicted octanol–water partition coefficient (Wildman–Crippen LogP) is 2.43. The molecule has 1 fully saturated rings. The molecule has 0 saturated carbocycles. The summed E-state index contributed by atoms with van der Waals surface area (Å²) >= 11 is 0. The minimum Gasteiger partial charge on any atom is -0.379 e. The Morgan fingerprint density at radius 1 is 1.12 bits per heavy atom. The summed E-state index contributed by atoms with van der Waals surface area (Å²) in [5.41, 5.74) is 5.56. The molecule has 0 bridgehead atoms. The van der Waals surface area contributed by atoms with Gasteiger partial charge in [0.15, 0.2) is 5.96 Å². The minimum atomic E-state index is 0.856. The number of aliphatic imine (C=N–C) groups is 1. The summed E-state index contributed by atoms with van der Waals surface area (Å²) in [5.74, 6) is 0.928. The molecule has 2 rings (SSSR count). The van der Waals surface area contributed by atoms with Gasteiger partial charge >= 0.3 is 0 Å². The smallest absolute Gasteiger partial charge is 0.191 e. The molecule has 0 amide bonds. The van der Waals surface area contributed by atoms with Gasteiger partial charge in [-0.3, -0.25) is 9.89 Å². The molecule has 0 atom stereocenters. The molecule has 1 aromatic rings. The van der Waals surface area contributed by atoms with Crippen LogP contribution in [0.2, 0.25) is 0 Å². The molecule has 1 heterocycles. The highest BCUT2D eigenvalue weighted by atomic mass is 16.5. The van der Waals surface area contributed by atoms with E-state index in [0.29, 0.717) is 0 Å². The average molecular weight is 361 g/mol. The van der Waals surface area contributed by atoms with E-state index in [-0.39, 0.29) is 0 Å². The van der Waals surface area contributed by atoms with E-state index in [1.54, 1.807) is 0 Å². The Hall–Kier alpha value is -1.59. The largest absolute Gasteiger partial charge is 0.379 e. The van der Waals surface area contributed by atoms with Crippen molar-refractivity contribution >= 4 is 5.96 Å². The second-order valence-electron chi connectivity index (χ2n) is 7.12. The van der Waals surface area contributed by atoms with E-state index >= 15 is 0 Å². The molecule has 5 heteroatoms. The fraction of sp³-hybridized carbons (Fsp3) is 0.667. The van der Waals surface area contributed by atoms with Crippen molar-refractivity contribution in [3.05, 3.63) is 34.4 Å². The molecule has 0 radical (unpaired) electrons. The van der Waals surface area contributed by atoms with Crippen LogP contribution < -0.4 is 10.6 Å². The van der Waals surface area contributed by atoms with Gasteiger partial charge in [-0.05, 0) is 57.2 Å². The summed E-state index contributed by atoms with van der Waals surface area (Å²) in [7, 11) is 0. The lowest BCUT2D eigenvalue weighted by atomic mass is 9.97. The maximum atomic E-state index is 5.39. The third-order valence-corrected chi connectivity index (χ3v) is 4.86. The van der Waals surface area contributed by atoms with Crippen LogP contribution in [0.15, 0.2) is 17.1 Å². The first-order valence-electron chi connectivity index (χ1n) is 9.99.